The minimum Gasteiger partial charge on any atom is -0.348 e. The Morgan fingerprint density at radius 1 is 1.19 bits per heavy atom. The highest BCUT2D eigenvalue weighted by atomic mass is 16.2. The lowest BCUT2D eigenvalue weighted by Gasteiger charge is -2.33. The van der Waals surface area contributed by atoms with Crippen LogP contribution in [0.3, 0.4) is 0 Å². The van der Waals surface area contributed by atoms with E-state index in [2.05, 4.69) is 10.3 Å². The van der Waals surface area contributed by atoms with Crippen LogP contribution in [0, 0.1) is 0 Å². The van der Waals surface area contributed by atoms with Crippen molar-refractivity contribution in [1.29, 1.82) is 0 Å². The predicted octanol–water partition coefficient (Wildman–Crippen LogP) is 2.49. The number of hydrogen-bond donors (Lipinski definition) is 1. The molecule has 1 fully saturated rings. The van der Waals surface area contributed by atoms with Crippen molar-refractivity contribution in [2.24, 2.45) is 0 Å². The molecular weight excluding hydrogens is 264 g/mol. The summed E-state index contributed by atoms with van der Waals surface area (Å²) in [6.07, 6.45) is 2.52. The summed E-state index contributed by atoms with van der Waals surface area (Å²) in [5.74, 6) is 0.799. The van der Waals surface area contributed by atoms with Crippen molar-refractivity contribution in [3.63, 3.8) is 0 Å². The molecule has 0 radical (unpaired) electrons. The lowest BCUT2D eigenvalue weighted by atomic mass is 10.3. The Hall–Kier alpha value is -2.56. The first-order valence-electron chi connectivity index (χ1n) is 7.05. The number of hydrazine groups is 1. The van der Waals surface area contributed by atoms with Crippen molar-refractivity contribution >= 4 is 17.4 Å². The lowest BCUT2D eigenvalue weighted by molar-refractivity contribution is -0.129. The number of rotatable bonds is 3. The topological polar surface area (TPSA) is 48.5 Å². The van der Waals surface area contributed by atoms with Gasteiger partial charge in [0.2, 0.25) is 5.91 Å². The molecule has 1 saturated heterocycles. The largest absolute Gasteiger partial charge is 0.348 e. The summed E-state index contributed by atoms with van der Waals surface area (Å²) in [5, 5.41) is 7.11. The minimum atomic E-state index is -0.0717. The maximum atomic E-state index is 12.1. The highest BCUT2D eigenvalue weighted by Crippen LogP contribution is 2.26. The van der Waals surface area contributed by atoms with Gasteiger partial charge in [0.15, 0.2) is 0 Å². The van der Waals surface area contributed by atoms with Crippen LogP contribution >= 0.6 is 0 Å². The summed E-state index contributed by atoms with van der Waals surface area (Å²) in [5.41, 5.74) is 1.03. The monoisotopic (exact) mass is 282 g/mol. The number of anilines is 2. The number of hydrogen-bond acceptors (Lipinski definition) is 4. The Kier molecular flexibility index (Phi) is 3.73. The lowest BCUT2D eigenvalue weighted by Crippen LogP contribution is -2.47. The molecule has 0 saturated carbocycles. The molecule has 1 unspecified atom stereocenters. The standard InChI is InChI=1S/C16H18N4O/c1-13(21)20-16(18-15-9-5-6-11-17-15)10-12-19(20)14-7-3-2-4-8-14/h2-9,11,16H,10,12H2,1H3,(H,17,18). The van der Waals surface area contributed by atoms with Gasteiger partial charge in [0.05, 0.1) is 5.69 Å². The van der Waals surface area contributed by atoms with E-state index in [1.807, 2.05) is 53.5 Å². The van der Waals surface area contributed by atoms with Gasteiger partial charge in [-0.15, -0.1) is 0 Å². The number of amides is 1. The zero-order valence-corrected chi connectivity index (χ0v) is 11.9. The maximum absolute atomic E-state index is 12.1. The second-order valence-corrected chi connectivity index (χ2v) is 4.99. The van der Waals surface area contributed by atoms with Gasteiger partial charge in [-0.2, -0.15) is 0 Å². The van der Waals surface area contributed by atoms with Gasteiger partial charge in [0, 0.05) is 26.1 Å². The summed E-state index contributed by atoms with van der Waals surface area (Å²) in [7, 11) is 0. The normalized spacial score (nSPS) is 17.9. The average molecular weight is 282 g/mol. The van der Waals surface area contributed by atoms with E-state index in [1.165, 1.54) is 0 Å². The molecule has 1 aliphatic rings. The molecule has 2 aromatic rings. The van der Waals surface area contributed by atoms with Gasteiger partial charge >= 0.3 is 0 Å². The van der Waals surface area contributed by atoms with E-state index in [9.17, 15) is 4.79 Å². The third-order valence-electron chi connectivity index (χ3n) is 3.53. The van der Waals surface area contributed by atoms with E-state index in [0.717, 1.165) is 24.5 Å². The van der Waals surface area contributed by atoms with E-state index in [0.29, 0.717) is 0 Å². The SMILES string of the molecule is CC(=O)N1C(Nc2ccccn2)CCN1c1ccccc1. The molecule has 0 spiro atoms. The highest BCUT2D eigenvalue weighted by Gasteiger charge is 2.34. The Bertz CT molecular complexity index is 602. The van der Waals surface area contributed by atoms with Crippen molar-refractivity contribution in [3.05, 3.63) is 54.7 Å². The van der Waals surface area contributed by atoms with Crippen LogP contribution in [-0.2, 0) is 4.79 Å². The van der Waals surface area contributed by atoms with Gasteiger partial charge in [-0.05, 0) is 24.3 Å². The van der Waals surface area contributed by atoms with Crippen molar-refractivity contribution in [2.75, 3.05) is 16.9 Å². The summed E-state index contributed by atoms with van der Waals surface area (Å²) >= 11 is 0. The van der Waals surface area contributed by atoms with Crippen LogP contribution in [0.2, 0.25) is 0 Å². The fraction of sp³-hybridized carbons (Fsp3) is 0.250. The zero-order valence-electron chi connectivity index (χ0n) is 11.9. The van der Waals surface area contributed by atoms with Gasteiger partial charge in [-0.3, -0.25) is 9.80 Å². The van der Waals surface area contributed by atoms with E-state index < -0.39 is 0 Å². The molecule has 1 aliphatic heterocycles. The molecule has 5 heteroatoms. The van der Waals surface area contributed by atoms with Crippen LogP contribution in [0.25, 0.3) is 0 Å². The van der Waals surface area contributed by atoms with Crippen LogP contribution < -0.4 is 10.3 Å². The number of aromatic nitrogens is 1. The third-order valence-corrected chi connectivity index (χ3v) is 3.53. The van der Waals surface area contributed by atoms with Gasteiger partial charge in [-0.1, -0.05) is 24.3 Å². The maximum Gasteiger partial charge on any atom is 0.239 e. The predicted molar refractivity (Wildman–Crippen MR) is 82.6 cm³/mol. The Morgan fingerprint density at radius 2 is 1.95 bits per heavy atom. The second kappa shape index (κ2) is 5.83. The van der Waals surface area contributed by atoms with Crippen LogP contribution in [0.5, 0.6) is 0 Å². The average Bonchev–Trinajstić information content (AvgIpc) is 2.93. The van der Waals surface area contributed by atoms with Crippen molar-refractivity contribution in [2.45, 2.75) is 19.5 Å². The van der Waals surface area contributed by atoms with Gasteiger partial charge in [0.25, 0.3) is 0 Å². The number of pyridine rings is 1. The Labute approximate surface area is 124 Å². The first-order chi connectivity index (χ1) is 10.3. The molecular formula is C16H18N4O. The van der Waals surface area contributed by atoms with Crippen molar-refractivity contribution in [3.8, 4) is 0 Å². The number of nitrogens with one attached hydrogen (secondary N) is 1. The quantitative estimate of drug-likeness (QED) is 0.939. The zero-order chi connectivity index (χ0) is 14.7. The van der Waals surface area contributed by atoms with Crippen molar-refractivity contribution < 1.29 is 4.79 Å². The summed E-state index contributed by atoms with van der Waals surface area (Å²) in [6.45, 7) is 2.39. The molecule has 1 amide bonds. The smallest absolute Gasteiger partial charge is 0.239 e. The van der Waals surface area contributed by atoms with Gasteiger partial charge in [-0.25, -0.2) is 9.99 Å². The fourth-order valence-electron chi connectivity index (χ4n) is 2.64. The number of benzene rings is 1. The Balaban J connectivity index is 1.81. The van der Waals surface area contributed by atoms with Crippen LogP contribution in [0.4, 0.5) is 11.5 Å². The molecule has 1 aromatic carbocycles. The molecule has 21 heavy (non-hydrogen) atoms. The van der Waals surface area contributed by atoms with E-state index in [-0.39, 0.29) is 12.1 Å². The molecule has 5 nitrogen and oxygen atoms in total. The Morgan fingerprint density at radius 3 is 2.62 bits per heavy atom. The summed E-state index contributed by atoms with van der Waals surface area (Å²) in [6, 6.07) is 15.7. The molecule has 3 rings (SSSR count). The number of carbonyl (C=O) groups excluding carboxylic acids is 1. The van der Waals surface area contributed by atoms with Crippen LogP contribution in [0.15, 0.2) is 54.7 Å². The molecule has 0 bridgehead atoms. The molecule has 0 aliphatic carbocycles. The van der Waals surface area contributed by atoms with Gasteiger partial charge < -0.3 is 5.32 Å². The molecule has 1 aromatic heterocycles. The van der Waals surface area contributed by atoms with Crippen LogP contribution in [-0.4, -0.2) is 28.6 Å². The second-order valence-electron chi connectivity index (χ2n) is 4.99. The first kappa shape index (κ1) is 13.4. The number of carbonyl (C=O) groups is 1. The molecule has 108 valence electrons. The summed E-state index contributed by atoms with van der Waals surface area (Å²) < 4.78 is 0. The fourth-order valence-corrected chi connectivity index (χ4v) is 2.64. The molecule has 2 heterocycles. The summed E-state index contributed by atoms with van der Waals surface area (Å²) in [4.78, 5) is 16.3. The van der Waals surface area contributed by atoms with E-state index in [4.69, 9.17) is 0 Å². The van der Waals surface area contributed by atoms with Crippen molar-refractivity contribution in [1.82, 2.24) is 9.99 Å². The highest BCUT2D eigenvalue weighted by molar-refractivity contribution is 5.77. The van der Waals surface area contributed by atoms with Crippen LogP contribution in [0.1, 0.15) is 13.3 Å². The van der Waals surface area contributed by atoms with E-state index >= 15 is 0 Å². The third kappa shape index (κ3) is 2.81. The molecule has 1 atom stereocenters. The number of nitrogens with zero attached hydrogens (tertiary/aromatic N) is 3. The molecule has 1 N–H and O–H groups in total. The van der Waals surface area contributed by atoms with E-state index in [1.54, 1.807) is 18.1 Å². The van der Waals surface area contributed by atoms with Gasteiger partial charge in [0.1, 0.15) is 12.0 Å². The first-order valence-corrected chi connectivity index (χ1v) is 7.05. The minimum absolute atomic E-state index is 0.0183. The number of para-hydroxylation sites is 1.